The molecule has 9 heteroatoms. The van der Waals surface area contributed by atoms with Gasteiger partial charge < -0.3 is 9.80 Å². The first-order valence-corrected chi connectivity index (χ1v) is 13.4. The molecule has 2 aromatic carbocycles. The van der Waals surface area contributed by atoms with Gasteiger partial charge in [-0.15, -0.1) is 0 Å². The lowest BCUT2D eigenvalue weighted by atomic mass is 10.1. The van der Waals surface area contributed by atoms with Gasteiger partial charge in [-0.2, -0.15) is 0 Å². The van der Waals surface area contributed by atoms with E-state index in [1.807, 2.05) is 40.1 Å². The van der Waals surface area contributed by atoms with E-state index in [-0.39, 0.29) is 35.8 Å². The number of benzene rings is 2. The molecule has 0 unspecified atom stereocenters. The second-order valence-corrected chi connectivity index (χ2v) is 11.3. The summed E-state index contributed by atoms with van der Waals surface area (Å²) in [4.78, 5) is 30.4. The number of piperazine rings is 1. The Hall–Kier alpha value is -2.78. The average molecular weight is 488 g/mol. The van der Waals surface area contributed by atoms with Crippen LogP contribution in [0.15, 0.2) is 48.5 Å². The van der Waals surface area contributed by atoms with Gasteiger partial charge in [0.1, 0.15) is 5.82 Å². The summed E-state index contributed by atoms with van der Waals surface area (Å²) in [7, 11) is -3.12. The molecule has 0 N–H and O–H groups in total. The van der Waals surface area contributed by atoms with E-state index < -0.39 is 15.7 Å². The van der Waals surface area contributed by atoms with Crippen LogP contribution in [-0.4, -0.2) is 80.2 Å². The number of rotatable bonds is 7. The van der Waals surface area contributed by atoms with Crippen LogP contribution >= 0.6 is 0 Å². The number of halogens is 1. The molecule has 34 heavy (non-hydrogen) atoms. The number of Topliss-reactive ketones (excluding diaryl/α,β-unsaturated/α-hetero) is 1. The van der Waals surface area contributed by atoms with Crippen LogP contribution in [-0.2, 0) is 21.2 Å². The average Bonchev–Trinajstić information content (AvgIpc) is 3.18. The summed E-state index contributed by atoms with van der Waals surface area (Å²) in [6.45, 7) is 4.27. The predicted octanol–water partition coefficient (Wildman–Crippen LogP) is 2.37. The Morgan fingerprint density at radius 3 is 2.35 bits per heavy atom. The van der Waals surface area contributed by atoms with Gasteiger partial charge in [-0.25, -0.2) is 12.8 Å². The van der Waals surface area contributed by atoms with Crippen molar-refractivity contribution in [1.29, 1.82) is 0 Å². The molecule has 7 nitrogen and oxygen atoms in total. The molecule has 4 rings (SSSR count). The molecule has 0 radical (unpaired) electrons. The Morgan fingerprint density at radius 2 is 1.76 bits per heavy atom. The van der Waals surface area contributed by atoms with Crippen molar-refractivity contribution in [3.8, 4) is 0 Å². The third-order valence-electron chi connectivity index (χ3n) is 6.59. The van der Waals surface area contributed by atoms with Crippen LogP contribution < -0.4 is 4.90 Å². The van der Waals surface area contributed by atoms with Crippen LogP contribution in [0.1, 0.15) is 29.3 Å². The fraction of sp³-hybridized carbons (Fsp3) is 0.440. The lowest BCUT2D eigenvalue weighted by molar-refractivity contribution is -0.135. The highest BCUT2D eigenvalue weighted by Crippen LogP contribution is 2.23. The van der Waals surface area contributed by atoms with E-state index in [9.17, 15) is 22.4 Å². The molecule has 2 aromatic rings. The molecule has 2 fully saturated rings. The summed E-state index contributed by atoms with van der Waals surface area (Å²) >= 11 is 0. The monoisotopic (exact) mass is 487 g/mol. The van der Waals surface area contributed by atoms with Crippen molar-refractivity contribution in [2.75, 3.05) is 49.1 Å². The zero-order valence-electron chi connectivity index (χ0n) is 19.3. The third kappa shape index (κ3) is 5.82. The minimum atomic E-state index is -3.12. The molecular weight excluding hydrogens is 457 g/mol. The summed E-state index contributed by atoms with van der Waals surface area (Å²) in [5, 5.41) is 0. The van der Waals surface area contributed by atoms with Crippen molar-refractivity contribution in [2.45, 2.75) is 25.9 Å². The number of anilines is 1. The SMILES string of the molecule is CC(=O)c1ccc(N2CCN(CC(=O)N(Cc3ccccc3)[C@H]3CCS(=O)(=O)C3)CC2)c(F)c1. The first-order chi connectivity index (χ1) is 16.2. The number of hydrogen-bond donors (Lipinski definition) is 0. The van der Waals surface area contributed by atoms with Crippen LogP contribution in [0.2, 0.25) is 0 Å². The summed E-state index contributed by atoms with van der Waals surface area (Å²) in [5.74, 6) is -0.563. The Balaban J connectivity index is 1.39. The normalized spacial score (nSPS) is 20.3. The number of carbonyl (C=O) groups is 2. The van der Waals surface area contributed by atoms with E-state index in [4.69, 9.17) is 0 Å². The summed E-state index contributed by atoms with van der Waals surface area (Å²) in [6.07, 6.45) is 0.463. The quantitative estimate of drug-likeness (QED) is 0.558. The topological polar surface area (TPSA) is 78.0 Å². The Morgan fingerprint density at radius 1 is 1.06 bits per heavy atom. The van der Waals surface area contributed by atoms with E-state index in [1.165, 1.54) is 13.0 Å². The van der Waals surface area contributed by atoms with E-state index in [0.717, 1.165) is 5.56 Å². The van der Waals surface area contributed by atoms with Gasteiger partial charge in [0.2, 0.25) is 5.91 Å². The maximum absolute atomic E-state index is 14.5. The van der Waals surface area contributed by atoms with Gasteiger partial charge in [0.05, 0.1) is 23.7 Å². The van der Waals surface area contributed by atoms with E-state index in [1.54, 1.807) is 17.0 Å². The second-order valence-electron chi connectivity index (χ2n) is 9.05. The van der Waals surface area contributed by atoms with Crippen LogP contribution in [0.3, 0.4) is 0 Å². The number of sulfone groups is 1. The first kappa shape index (κ1) is 24.3. The number of carbonyl (C=O) groups excluding carboxylic acids is 2. The number of hydrogen-bond acceptors (Lipinski definition) is 6. The lowest BCUT2D eigenvalue weighted by Gasteiger charge is -2.37. The zero-order valence-corrected chi connectivity index (χ0v) is 20.1. The van der Waals surface area contributed by atoms with Crippen molar-refractivity contribution in [1.82, 2.24) is 9.80 Å². The molecule has 182 valence electrons. The number of ketones is 1. The minimum absolute atomic E-state index is 0.00882. The summed E-state index contributed by atoms with van der Waals surface area (Å²) in [6, 6.07) is 13.8. The van der Waals surface area contributed by atoms with Gasteiger partial charge in [0.15, 0.2) is 15.6 Å². The van der Waals surface area contributed by atoms with Gasteiger partial charge >= 0.3 is 0 Å². The van der Waals surface area contributed by atoms with Crippen LogP contribution in [0.4, 0.5) is 10.1 Å². The van der Waals surface area contributed by atoms with Crippen LogP contribution in [0, 0.1) is 5.82 Å². The minimum Gasteiger partial charge on any atom is -0.367 e. The third-order valence-corrected chi connectivity index (χ3v) is 8.34. The fourth-order valence-corrected chi connectivity index (χ4v) is 6.36. The van der Waals surface area contributed by atoms with Crippen molar-refractivity contribution >= 4 is 27.2 Å². The highest BCUT2D eigenvalue weighted by Gasteiger charge is 2.35. The molecule has 2 aliphatic rings. The Labute approximate surface area is 200 Å². The zero-order chi connectivity index (χ0) is 24.3. The standard InChI is InChI=1S/C25H30FN3O4S/c1-19(30)21-7-8-24(23(26)15-21)28-12-10-27(11-13-28)17-25(31)29(16-20-5-3-2-4-6-20)22-9-14-34(32,33)18-22/h2-8,15,22H,9-14,16-18H2,1H3/t22-/m0/s1. The fourth-order valence-electron chi connectivity index (χ4n) is 4.63. The van der Waals surface area contributed by atoms with Gasteiger partial charge in [0, 0.05) is 44.3 Å². The largest absolute Gasteiger partial charge is 0.367 e. The molecule has 0 bridgehead atoms. The van der Waals surface area contributed by atoms with Crippen molar-refractivity contribution < 1.29 is 22.4 Å². The molecule has 0 aromatic heterocycles. The van der Waals surface area contributed by atoms with Crippen LogP contribution in [0.25, 0.3) is 0 Å². The second kappa shape index (κ2) is 10.2. The van der Waals surface area contributed by atoms with Gasteiger partial charge in [-0.05, 0) is 37.1 Å². The summed E-state index contributed by atoms with van der Waals surface area (Å²) in [5.41, 5.74) is 1.77. The molecule has 1 amide bonds. The van der Waals surface area contributed by atoms with Gasteiger partial charge in [-0.1, -0.05) is 30.3 Å². The number of amides is 1. The highest BCUT2D eigenvalue weighted by molar-refractivity contribution is 7.91. The van der Waals surface area contributed by atoms with E-state index >= 15 is 0 Å². The number of nitrogens with zero attached hydrogens (tertiary/aromatic N) is 3. The highest BCUT2D eigenvalue weighted by atomic mass is 32.2. The lowest BCUT2D eigenvalue weighted by Crippen LogP contribution is -2.51. The molecule has 2 heterocycles. The molecule has 0 aliphatic carbocycles. The van der Waals surface area contributed by atoms with Crippen molar-refractivity contribution in [3.05, 3.63) is 65.5 Å². The predicted molar refractivity (Wildman–Crippen MR) is 129 cm³/mol. The molecule has 2 aliphatic heterocycles. The Bertz CT molecular complexity index is 1150. The first-order valence-electron chi connectivity index (χ1n) is 11.5. The van der Waals surface area contributed by atoms with Crippen molar-refractivity contribution in [3.63, 3.8) is 0 Å². The maximum Gasteiger partial charge on any atom is 0.237 e. The smallest absolute Gasteiger partial charge is 0.237 e. The molecule has 1 atom stereocenters. The Kier molecular flexibility index (Phi) is 7.33. The van der Waals surface area contributed by atoms with E-state index in [2.05, 4.69) is 0 Å². The maximum atomic E-state index is 14.5. The molecule has 0 spiro atoms. The molecule has 2 saturated heterocycles. The van der Waals surface area contributed by atoms with Crippen LogP contribution in [0.5, 0.6) is 0 Å². The summed E-state index contributed by atoms with van der Waals surface area (Å²) < 4.78 is 38.7. The molecular formula is C25H30FN3O4S. The molecule has 0 saturated carbocycles. The van der Waals surface area contributed by atoms with E-state index in [0.29, 0.717) is 50.4 Å². The van der Waals surface area contributed by atoms with Gasteiger partial charge in [0.25, 0.3) is 0 Å². The van der Waals surface area contributed by atoms with Gasteiger partial charge in [-0.3, -0.25) is 14.5 Å². The van der Waals surface area contributed by atoms with Crippen molar-refractivity contribution in [2.24, 2.45) is 0 Å².